The molecule has 0 unspecified atom stereocenters. The van der Waals surface area contributed by atoms with Crippen LogP contribution in [0, 0.1) is 20.8 Å². The van der Waals surface area contributed by atoms with Crippen LogP contribution in [0.15, 0.2) is 42.5 Å². The third kappa shape index (κ3) is 3.08. The van der Waals surface area contributed by atoms with Crippen LogP contribution >= 0.6 is 0 Å². The highest BCUT2D eigenvalue weighted by atomic mass is 16.2. The van der Waals surface area contributed by atoms with Crippen molar-refractivity contribution in [3.8, 4) is 0 Å². The summed E-state index contributed by atoms with van der Waals surface area (Å²) in [7, 11) is 1.86. The van der Waals surface area contributed by atoms with Gasteiger partial charge in [-0.3, -0.25) is 4.79 Å². The second-order valence-electron chi connectivity index (χ2n) is 5.41. The molecule has 0 radical (unpaired) electrons. The van der Waals surface area contributed by atoms with Crippen LogP contribution in [0.2, 0.25) is 0 Å². The highest BCUT2D eigenvalue weighted by Gasteiger charge is 2.14. The molecule has 0 aliphatic heterocycles. The topological polar surface area (TPSA) is 20.3 Å². The molecular formula is C18H21NO. The van der Waals surface area contributed by atoms with Crippen molar-refractivity contribution in [2.45, 2.75) is 27.3 Å². The summed E-state index contributed by atoms with van der Waals surface area (Å²) in [6.45, 7) is 6.74. The highest BCUT2D eigenvalue weighted by Crippen LogP contribution is 2.15. The second kappa shape index (κ2) is 5.91. The van der Waals surface area contributed by atoms with Gasteiger partial charge in [-0.05, 0) is 43.5 Å². The van der Waals surface area contributed by atoms with E-state index in [1.165, 1.54) is 16.7 Å². The number of hydrogen-bond acceptors (Lipinski definition) is 1. The van der Waals surface area contributed by atoms with Crippen LogP contribution in [0.3, 0.4) is 0 Å². The molecule has 0 aliphatic rings. The van der Waals surface area contributed by atoms with Gasteiger partial charge in [-0.25, -0.2) is 0 Å². The van der Waals surface area contributed by atoms with Gasteiger partial charge in [0.2, 0.25) is 0 Å². The van der Waals surface area contributed by atoms with E-state index in [1.54, 1.807) is 4.90 Å². The Morgan fingerprint density at radius 2 is 1.70 bits per heavy atom. The first-order valence-electron chi connectivity index (χ1n) is 6.86. The Bertz CT molecular complexity index is 631. The van der Waals surface area contributed by atoms with Crippen molar-refractivity contribution in [1.82, 2.24) is 4.90 Å². The van der Waals surface area contributed by atoms with Crippen molar-refractivity contribution in [3.63, 3.8) is 0 Å². The van der Waals surface area contributed by atoms with Crippen LogP contribution in [0.25, 0.3) is 0 Å². The SMILES string of the molecule is Cc1ccc(C(=O)N(C)Cc2ccccc2C)c(C)c1. The van der Waals surface area contributed by atoms with Crippen LogP contribution in [0.5, 0.6) is 0 Å². The Hall–Kier alpha value is -2.09. The molecule has 0 spiro atoms. The number of benzene rings is 2. The average molecular weight is 267 g/mol. The molecule has 0 N–H and O–H groups in total. The van der Waals surface area contributed by atoms with Crippen LogP contribution in [-0.2, 0) is 6.54 Å². The van der Waals surface area contributed by atoms with Gasteiger partial charge in [-0.2, -0.15) is 0 Å². The largest absolute Gasteiger partial charge is 0.337 e. The van der Waals surface area contributed by atoms with Crippen molar-refractivity contribution in [1.29, 1.82) is 0 Å². The molecule has 0 heterocycles. The number of rotatable bonds is 3. The summed E-state index contributed by atoms with van der Waals surface area (Å²) in [5, 5.41) is 0. The number of aryl methyl sites for hydroxylation is 3. The number of carbonyl (C=O) groups excluding carboxylic acids is 1. The predicted octanol–water partition coefficient (Wildman–Crippen LogP) is 3.88. The molecular weight excluding hydrogens is 246 g/mol. The van der Waals surface area contributed by atoms with E-state index < -0.39 is 0 Å². The molecule has 0 saturated carbocycles. The first-order chi connectivity index (χ1) is 9.49. The Kier molecular flexibility index (Phi) is 4.23. The maximum atomic E-state index is 12.5. The van der Waals surface area contributed by atoms with E-state index >= 15 is 0 Å². The van der Waals surface area contributed by atoms with Gasteiger partial charge in [0.25, 0.3) is 5.91 Å². The zero-order valence-electron chi connectivity index (χ0n) is 12.6. The van der Waals surface area contributed by atoms with Crippen LogP contribution < -0.4 is 0 Å². The number of hydrogen-bond donors (Lipinski definition) is 0. The van der Waals surface area contributed by atoms with Gasteiger partial charge in [-0.15, -0.1) is 0 Å². The lowest BCUT2D eigenvalue weighted by Crippen LogP contribution is -2.27. The molecule has 2 aromatic carbocycles. The van der Waals surface area contributed by atoms with Crippen molar-refractivity contribution >= 4 is 5.91 Å². The highest BCUT2D eigenvalue weighted by molar-refractivity contribution is 5.95. The van der Waals surface area contributed by atoms with Gasteiger partial charge < -0.3 is 4.90 Å². The minimum Gasteiger partial charge on any atom is -0.337 e. The summed E-state index contributed by atoms with van der Waals surface area (Å²) < 4.78 is 0. The molecule has 0 bridgehead atoms. The molecule has 2 heteroatoms. The summed E-state index contributed by atoms with van der Waals surface area (Å²) in [5.41, 5.74) is 5.40. The van der Waals surface area contributed by atoms with Gasteiger partial charge >= 0.3 is 0 Å². The molecule has 1 amide bonds. The zero-order valence-corrected chi connectivity index (χ0v) is 12.6. The summed E-state index contributed by atoms with van der Waals surface area (Å²) in [5.74, 6) is 0.0748. The van der Waals surface area contributed by atoms with Gasteiger partial charge in [0.05, 0.1) is 0 Å². The van der Waals surface area contributed by atoms with Crippen molar-refractivity contribution < 1.29 is 4.79 Å². The van der Waals surface area contributed by atoms with Crippen molar-refractivity contribution in [2.24, 2.45) is 0 Å². The molecule has 20 heavy (non-hydrogen) atoms. The minimum absolute atomic E-state index is 0.0748. The first-order valence-corrected chi connectivity index (χ1v) is 6.86. The lowest BCUT2D eigenvalue weighted by Gasteiger charge is -2.19. The average Bonchev–Trinajstić information content (AvgIpc) is 2.40. The fraction of sp³-hybridized carbons (Fsp3) is 0.278. The summed E-state index contributed by atoms with van der Waals surface area (Å²) in [4.78, 5) is 14.3. The van der Waals surface area contributed by atoms with Gasteiger partial charge in [0.1, 0.15) is 0 Å². The third-order valence-corrected chi connectivity index (χ3v) is 3.63. The van der Waals surface area contributed by atoms with Crippen molar-refractivity contribution in [3.05, 3.63) is 70.3 Å². The van der Waals surface area contributed by atoms with E-state index in [1.807, 2.05) is 45.2 Å². The molecule has 2 rings (SSSR count). The molecule has 0 fully saturated rings. The zero-order chi connectivity index (χ0) is 14.7. The summed E-state index contributed by atoms with van der Waals surface area (Å²) in [6.07, 6.45) is 0. The number of amides is 1. The van der Waals surface area contributed by atoms with E-state index in [-0.39, 0.29) is 5.91 Å². The Morgan fingerprint density at radius 3 is 2.35 bits per heavy atom. The van der Waals surface area contributed by atoms with Crippen LogP contribution in [-0.4, -0.2) is 17.9 Å². The minimum atomic E-state index is 0.0748. The van der Waals surface area contributed by atoms with Crippen LogP contribution in [0.4, 0.5) is 0 Å². The molecule has 2 nitrogen and oxygen atoms in total. The van der Waals surface area contributed by atoms with Gasteiger partial charge in [-0.1, -0.05) is 42.0 Å². The first kappa shape index (κ1) is 14.3. The monoisotopic (exact) mass is 267 g/mol. The summed E-state index contributed by atoms with van der Waals surface area (Å²) >= 11 is 0. The molecule has 0 aliphatic carbocycles. The summed E-state index contributed by atoms with van der Waals surface area (Å²) in [6, 6.07) is 14.1. The normalized spacial score (nSPS) is 10.4. The smallest absolute Gasteiger partial charge is 0.254 e. The fourth-order valence-corrected chi connectivity index (χ4v) is 2.37. The van der Waals surface area contributed by atoms with E-state index in [4.69, 9.17) is 0 Å². The Labute approximate surface area is 121 Å². The number of nitrogens with zero attached hydrogens (tertiary/aromatic N) is 1. The fourth-order valence-electron chi connectivity index (χ4n) is 2.37. The maximum Gasteiger partial charge on any atom is 0.254 e. The third-order valence-electron chi connectivity index (χ3n) is 3.63. The number of carbonyl (C=O) groups is 1. The Balaban J connectivity index is 2.19. The Morgan fingerprint density at radius 1 is 1.00 bits per heavy atom. The van der Waals surface area contributed by atoms with E-state index in [9.17, 15) is 4.79 Å². The second-order valence-corrected chi connectivity index (χ2v) is 5.41. The molecule has 2 aromatic rings. The van der Waals surface area contributed by atoms with Gasteiger partial charge in [0.15, 0.2) is 0 Å². The lowest BCUT2D eigenvalue weighted by atomic mass is 10.0. The molecule has 0 aromatic heterocycles. The van der Waals surface area contributed by atoms with Crippen LogP contribution in [0.1, 0.15) is 32.6 Å². The van der Waals surface area contributed by atoms with Gasteiger partial charge in [0, 0.05) is 19.2 Å². The predicted molar refractivity (Wildman–Crippen MR) is 82.9 cm³/mol. The molecule has 0 saturated heterocycles. The molecule has 104 valence electrons. The lowest BCUT2D eigenvalue weighted by molar-refractivity contribution is 0.0784. The standard InChI is InChI=1S/C18H21NO/c1-13-9-10-17(15(3)11-13)18(20)19(4)12-16-8-6-5-7-14(16)2/h5-11H,12H2,1-4H3. The quantitative estimate of drug-likeness (QED) is 0.826. The van der Waals surface area contributed by atoms with Crippen molar-refractivity contribution in [2.75, 3.05) is 7.05 Å². The van der Waals surface area contributed by atoms with E-state index in [0.717, 1.165) is 11.1 Å². The maximum absolute atomic E-state index is 12.5. The van der Waals surface area contributed by atoms with E-state index in [2.05, 4.69) is 25.1 Å². The molecule has 0 atom stereocenters. The van der Waals surface area contributed by atoms with E-state index in [0.29, 0.717) is 6.54 Å².